The van der Waals surface area contributed by atoms with Crippen LogP contribution in [0.4, 0.5) is 5.69 Å². The van der Waals surface area contributed by atoms with Crippen LogP contribution in [0.3, 0.4) is 0 Å². The van der Waals surface area contributed by atoms with E-state index in [0.717, 1.165) is 35.0 Å². The molecular weight excluding hydrogens is 270 g/mol. The van der Waals surface area contributed by atoms with E-state index < -0.39 is 0 Å². The molecule has 0 bridgehead atoms. The van der Waals surface area contributed by atoms with Gasteiger partial charge in [0, 0.05) is 17.1 Å². The van der Waals surface area contributed by atoms with E-state index in [1.807, 2.05) is 25.1 Å². The van der Waals surface area contributed by atoms with Gasteiger partial charge in [0.1, 0.15) is 11.9 Å². The van der Waals surface area contributed by atoms with Gasteiger partial charge in [-0.15, -0.1) is 0 Å². The number of benzene rings is 2. The van der Waals surface area contributed by atoms with E-state index >= 15 is 0 Å². The third-order valence-corrected chi connectivity index (χ3v) is 4.15. The molecule has 1 aliphatic heterocycles. The second-order valence-corrected chi connectivity index (χ2v) is 5.76. The standard InChI is InChI=1S/C17H18ClNO/c1-11-6-7-17-13(8-11)9-14(20-17)10-19-16-5-3-4-15(18)12(16)2/h3-8,14,19H,9-10H2,1-2H3. The van der Waals surface area contributed by atoms with E-state index in [-0.39, 0.29) is 6.10 Å². The van der Waals surface area contributed by atoms with Crippen molar-refractivity contribution in [3.05, 3.63) is 58.1 Å². The number of halogens is 1. The van der Waals surface area contributed by atoms with Gasteiger partial charge >= 0.3 is 0 Å². The molecule has 0 aliphatic carbocycles. The van der Waals surface area contributed by atoms with Crippen molar-refractivity contribution in [2.75, 3.05) is 11.9 Å². The average Bonchev–Trinajstić information content (AvgIpc) is 2.82. The van der Waals surface area contributed by atoms with Crippen molar-refractivity contribution < 1.29 is 4.74 Å². The zero-order valence-electron chi connectivity index (χ0n) is 11.7. The molecule has 3 heteroatoms. The SMILES string of the molecule is Cc1ccc2c(c1)CC(CNc1cccc(Cl)c1C)O2. The van der Waals surface area contributed by atoms with Crippen LogP contribution in [0.15, 0.2) is 36.4 Å². The summed E-state index contributed by atoms with van der Waals surface area (Å²) in [6.45, 7) is 4.92. The third kappa shape index (κ3) is 2.61. The van der Waals surface area contributed by atoms with Crippen LogP contribution in [0.5, 0.6) is 5.75 Å². The minimum atomic E-state index is 0.185. The predicted molar refractivity (Wildman–Crippen MR) is 84.0 cm³/mol. The highest BCUT2D eigenvalue weighted by Crippen LogP contribution is 2.30. The summed E-state index contributed by atoms with van der Waals surface area (Å²) in [6, 6.07) is 12.3. The maximum Gasteiger partial charge on any atom is 0.123 e. The van der Waals surface area contributed by atoms with Crippen molar-refractivity contribution in [2.24, 2.45) is 0 Å². The Morgan fingerprint density at radius 3 is 2.95 bits per heavy atom. The van der Waals surface area contributed by atoms with Gasteiger partial charge in [-0.05, 0) is 43.2 Å². The Bertz CT molecular complexity index is 639. The van der Waals surface area contributed by atoms with E-state index in [2.05, 4.69) is 30.4 Å². The molecule has 2 aromatic carbocycles. The lowest BCUT2D eigenvalue weighted by atomic mass is 10.1. The van der Waals surface area contributed by atoms with Gasteiger partial charge < -0.3 is 10.1 Å². The maximum absolute atomic E-state index is 6.13. The fourth-order valence-electron chi connectivity index (χ4n) is 2.59. The van der Waals surface area contributed by atoms with Crippen molar-refractivity contribution in [1.29, 1.82) is 0 Å². The highest BCUT2D eigenvalue weighted by atomic mass is 35.5. The van der Waals surface area contributed by atoms with Crippen LogP contribution < -0.4 is 10.1 Å². The first kappa shape index (κ1) is 13.3. The topological polar surface area (TPSA) is 21.3 Å². The van der Waals surface area contributed by atoms with Crippen LogP contribution in [0, 0.1) is 13.8 Å². The van der Waals surface area contributed by atoms with E-state index in [9.17, 15) is 0 Å². The normalized spacial score (nSPS) is 16.6. The third-order valence-electron chi connectivity index (χ3n) is 3.75. The number of aryl methyl sites for hydroxylation is 1. The fourth-order valence-corrected chi connectivity index (χ4v) is 2.76. The molecule has 1 heterocycles. The molecule has 20 heavy (non-hydrogen) atoms. The molecule has 0 amide bonds. The lowest BCUT2D eigenvalue weighted by Crippen LogP contribution is -2.24. The number of nitrogens with one attached hydrogen (secondary N) is 1. The monoisotopic (exact) mass is 287 g/mol. The van der Waals surface area contributed by atoms with Crippen LogP contribution in [0.1, 0.15) is 16.7 Å². The molecule has 2 nitrogen and oxygen atoms in total. The predicted octanol–water partition coefficient (Wildman–Crippen LogP) is 4.37. The quantitative estimate of drug-likeness (QED) is 0.905. The first-order chi connectivity index (χ1) is 9.63. The summed E-state index contributed by atoms with van der Waals surface area (Å²) >= 11 is 6.13. The molecule has 0 saturated heterocycles. The van der Waals surface area contributed by atoms with Crippen molar-refractivity contribution in [3.8, 4) is 5.75 Å². The highest BCUT2D eigenvalue weighted by Gasteiger charge is 2.22. The molecule has 0 saturated carbocycles. The van der Waals surface area contributed by atoms with E-state index in [4.69, 9.17) is 16.3 Å². The van der Waals surface area contributed by atoms with Crippen LogP contribution in [-0.4, -0.2) is 12.6 Å². The molecule has 2 aromatic rings. The van der Waals surface area contributed by atoms with Gasteiger partial charge in [-0.3, -0.25) is 0 Å². The van der Waals surface area contributed by atoms with Gasteiger partial charge in [-0.2, -0.15) is 0 Å². The molecule has 0 radical (unpaired) electrons. The molecule has 3 rings (SSSR count). The summed E-state index contributed by atoms with van der Waals surface area (Å²) in [5, 5.41) is 4.23. The molecule has 1 aliphatic rings. The average molecular weight is 288 g/mol. The molecule has 104 valence electrons. The minimum Gasteiger partial charge on any atom is -0.488 e. The molecule has 0 aromatic heterocycles. The fraction of sp³-hybridized carbons (Fsp3) is 0.294. The number of fused-ring (bicyclic) bond motifs is 1. The van der Waals surface area contributed by atoms with Gasteiger partial charge in [-0.25, -0.2) is 0 Å². The zero-order valence-corrected chi connectivity index (χ0v) is 12.5. The molecule has 0 fully saturated rings. The summed E-state index contributed by atoms with van der Waals surface area (Å²) in [7, 11) is 0. The molecular formula is C17H18ClNO. The van der Waals surface area contributed by atoms with Crippen molar-refractivity contribution in [2.45, 2.75) is 26.4 Å². The summed E-state index contributed by atoms with van der Waals surface area (Å²) in [5.41, 5.74) is 4.75. The lowest BCUT2D eigenvalue weighted by Gasteiger charge is -2.15. The largest absolute Gasteiger partial charge is 0.488 e. The minimum absolute atomic E-state index is 0.185. The highest BCUT2D eigenvalue weighted by molar-refractivity contribution is 6.31. The van der Waals surface area contributed by atoms with Crippen molar-refractivity contribution >= 4 is 17.3 Å². The second kappa shape index (κ2) is 5.37. The number of anilines is 1. The summed E-state index contributed by atoms with van der Waals surface area (Å²) in [6.07, 6.45) is 1.15. The summed E-state index contributed by atoms with van der Waals surface area (Å²) in [5.74, 6) is 1.02. The van der Waals surface area contributed by atoms with Crippen LogP contribution in [-0.2, 0) is 6.42 Å². The van der Waals surface area contributed by atoms with Gasteiger partial charge in [0.25, 0.3) is 0 Å². The van der Waals surface area contributed by atoms with Crippen molar-refractivity contribution in [3.63, 3.8) is 0 Å². The first-order valence-corrected chi connectivity index (χ1v) is 7.26. The molecule has 0 spiro atoms. The Labute approximate surface area is 124 Å². The lowest BCUT2D eigenvalue weighted by molar-refractivity contribution is 0.246. The number of hydrogen-bond acceptors (Lipinski definition) is 2. The number of rotatable bonds is 3. The smallest absolute Gasteiger partial charge is 0.123 e. The maximum atomic E-state index is 6.13. The van der Waals surface area contributed by atoms with Crippen molar-refractivity contribution in [1.82, 2.24) is 0 Å². The molecule has 1 unspecified atom stereocenters. The van der Waals surface area contributed by atoms with E-state index in [1.165, 1.54) is 11.1 Å². The zero-order chi connectivity index (χ0) is 14.1. The van der Waals surface area contributed by atoms with E-state index in [1.54, 1.807) is 0 Å². The van der Waals surface area contributed by atoms with Crippen LogP contribution in [0.25, 0.3) is 0 Å². The Hall–Kier alpha value is -1.67. The Morgan fingerprint density at radius 2 is 2.10 bits per heavy atom. The summed E-state index contributed by atoms with van der Waals surface area (Å²) in [4.78, 5) is 0. The van der Waals surface area contributed by atoms with Gasteiger partial charge in [0.05, 0.1) is 6.54 Å². The van der Waals surface area contributed by atoms with Gasteiger partial charge in [-0.1, -0.05) is 35.4 Å². The van der Waals surface area contributed by atoms with Crippen LogP contribution in [0.2, 0.25) is 5.02 Å². The second-order valence-electron chi connectivity index (χ2n) is 5.35. The Balaban J connectivity index is 1.65. The van der Waals surface area contributed by atoms with Crippen LogP contribution >= 0.6 is 11.6 Å². The first-order valence-electron chi connectivity index (χ1n) is 6.88. The van der Waals surface area contributed by atoms with E-state index in [0.29, 0.717) is 0 Å². The van der Waals surface area contributed by atoms with Gasteiger partial charge in [0.2, 0.25) is 0 Å². The Morgan fingerprint density at radius 1 is 1.25 bits per heavy atom. The molecule has 1 N–H and O–H groups in total. The number of hydrogen-bond donors (Lipinski definition) is 1. The summed E-state index contributed by atoms with van der Waals surface area (Å²) < 4.78 is 5.96. The number of ether oxygens (including phenoxy) is 1. The Kier molecular flexibility index (Phi) is 3.58. The van der Waals surface area contributed by atoms with Gasteiger partial charge in [0.15, 0.2) is 0 Å². The molecule has 1 atom stereocenters.